The van der Waals surface area contributed by atoms with E-state index in [4.69, 9.17) is 10.2 Å². The molecule has 2 rings (SSSR count). The number of aliphatic hydroxyl groups is 1. The van der Waals surface area contributed by atoms with Crippen molar-refractivity contribution in [3.8, 4) is 0 Å². The van der Waals surface area contributed by atoms with Crippen molar-refractivity contribution >= 4 is 0 Å². The van der Waals surface area contributed by atoms with Crippen molar-refractivity contribution in [2.75, 3.05) is 19.6 Å². The molecule has 1 aliphatic heterocycles. The molecule has 0 fully saturated rings. The van der Waals surface area contributed by atoms with Gasteiger partial charge in [-0.25, -0.2) is 0 Å². The van der Waals surface area contributed by atoms with Crippen molar-refractivity contribution in [1.29, 1.82) is 0 Å². The molecular weight excluding hydrogens is 204 g/mol. The van der Waals surface area contributed by atoms with Gasteiger partial charge >= 0.3 is 0 Å². The summed E-state index contributed by atoms with van der Waals surface area (Å²) in [6.07, 6.45) is 3.81. The number of fused-ring (bicyclic) bond motifs is 1. The second-order valence-electron chi connectivity index (χ2n) is 4.88. The predicted molar refractivity (Wildman–Crippen MR) is 62.0 cm³/mol. The third-order valence-electron chi connectivity index (χ3n) is 3.11. The van der Waals surface area contributed by atoms with E-state index in [2.05, 4.69) is 4.90 Å². The Morgan fingerprint density at radius 3 is 3.19 bits per heavy atom. The van der Waals surface area contributed by atoms with Crippen LogP contribution in [0.25, 0.3) is 0 Å². The minimum atomic E-state index is -0.797. The molecule has 3 N–H and O–H groups in total. The lowest BCUT2D eigenvalue weighted by Gasteiger charge is -2.29. The summed E-state index contributed by atoms with van der Waals surface area (Å²) in [5.41, 5.74) is 5.99. The molecule has 0 aromatic carbocycles. The molecule has 16 heavy (non-hydrogen) atoms. The minimum Gasteiger partial charge on any atom is -0.469 e. The molecule has 1 aliphatic rings. The molecule has 0 spiro atoms. The van der Waals surface area contributed by atoms with Gasteiger partial charge in [-0.2, -0.15) is 0 Å². The Kier molecular flexibility index (Phi) is 3.33. The van der Waals surface area contributed by atoms with Crippen LogP contribution in [0.5, 0.6) is 0 Å². The molecule has 4 nitrogen and oxygen atoms in total. The highest BCUT2D eigenvalue weighted by Gasteiger charge is 2.24. The highest BCUT2D eigenvalue weighted by Crippen LogP contribution is 2.20. The van der Waals surface area contributed by atoms with Gasteiger partial charge < -0.3 is 15.3 Å². The average molecular weight is 224 g/mol. The topological polar surface area (TPSA) is 62.6 Å². The fourth-order valence-corrected chi connectivity index (χ4v) is 2.19. The second-order valence-corrected chi connectivity index (χ2v) is 4.88. The van der Waals surface area contributed by atoms with Crippen LogP contribution in [-0.4, -0.2) is 35.2 Å². The SMILES string of the molecule is CC(O)(CN)CN1CCCc2occc2C1. The van der Waals surface area contributed by atoms with E-state index in [-0.39, 0.29) is 0 Å². The van der Waals surface area contributed by atoms with Crippen molar-refractivity contribution in [3.05, 3.63) is 23.7 Å². The summed E-state index contributed by atoms with van der Waals surface area (Å²) in [5.74, 6) is 1.09. The van der Waals surface area contributed by atoms with Crippen molar-refractivity contribution in [2.45, 2.75) is 31.9 Å². The summed E-state index contributed by atoms with van der Waals surface area (Å²) in [6.45, 7) is 4.53. The molecule has 0 saturated carbocycles. The summed E-state index contributed by atoms with van der Waals surface area (Å²) in [5, 5.41) is 9.98. The molecule has 1 aromatic rings. The Labute approximate surface area is 96.0 Å². The first-order valence-electron chi connectivity index (χ1n) is 5.81. The molecule has 0 saturated heterocycles. The monoisotopic (exact) mass is 224 g/mol. The maximum Gasteiger partial charge on any atom is 0.108 e. The van der Waals surface area contributed by atoms with Crippen molar-refractivity contribution in [2.24, 2.45) is 5.73 Å². The number of nitrogens with two attached hydrogens (primary N) is 1. The largest absolute Gasteiger partial charge is 0.469 e. The Morgan fingerprint density at radius 2 is 2.44 bits per heavy atom. The standard InChI is InChI=1S/C12H20N2O2/c1-12(15,8-13)9-14-5-2-3-11-10(7-14)4-6-16-11/h4,6,15H,2-3,5,7-9,13H2,1H3. The number of β-amino-alcohol motifs (C(OH)–C–C–N with tert-alkyl or cyclic N) is 1. The molecule has 1 aromatic heterocycles. The molecule has 0 aliphatic carbocycles. The van der Waals surface area contributed by atoms with Gasteiger partial charge in [0.05, 0.1) is 11.9 Å². The molecule has 0 bridgehead atoms. The second kappa shape index (κ2) is 4.57. The summed E-state index contributed by atoms with van der Waals surface area (Å²) < 4.78 is 5.43. The lowest BCUT2D eigenvalue weighted by Crippen LogP contribution is -2.45. The summed E-state index contributed by atoms with van der Waals surface area (Å²) in [7, 11) is 0. The van der Waals surface area contributed by atoms with Crippen LogP contribution in [0.2, 0.25) is 0 Å². The lowest BCUT2D eigenvalue weighted by molar-refractivity contribution is 0.0252. The maximum atomic E-state index is 9.98. The normalized spacial score (nSPS) is 21.2. The third-order valence-corrected chi connectivity index (χ3v) is 3.11. The summed E-state index contributed by atoms with van der Waals surface area (Å²) in [6, 6.07) is 2.02. The Balaban J connectivity index is 2.03. The summed E-state index contributed by atoms with van der Waals surface area (Å²) >= 11 is 0. The fourth-order valence-electron chi connectivity index (χ4n) is 2.19. The van der Waals surface area contributed by atoms with E-state index in [0.717, 1.165) is 31.7 Å². The lowest BCUT2D eigenvalue weighted by atomic mass is 10.1. The van der Waals surface area contributed by atoms with Gasteiger partial charge in [0.1, 0.15) is 5.76 Å². The number of hydrogen-bond acceptors (Lipinski definition) is 4. The highest BCUT2D eigenvalue weighted by atomic mass is 16.3. The zero-order chi connectivity index (χ0) is 11.6. The number of furan rings is 1. The average Bonchev–Trinajstić information content (AvgIpc) is 2.58. The molecule has 0 radical (unpaired) electrons. The molecular formula is C12H20N2O2. The van der Waals surface area contributed by atoms with Gasteiger partial charge in [0.2, 0.25) is 0 Å². The summed E-state index contributed by atoms with van der Waals surface area (Å²) in [4.78, 5) is 2.24. The molecule has 1 atom stereocenters. The van der Waals surface area contributed by atoms with Crippen LogP contribution in [-0.2, 0) is 13.0 Å². The third kappa shape index (κ3) is 2.64. The van der Waals surface area contributed by atoms with E-state index in [9.17, 15) is 5.11 Å². The molecule has 4 heteroatoms. The van der Waals surface area contributed by atoms with Crippen LogP contribution in [0.1, 0.15) is 24.7 Å². The van der Waals surface area contributed by atoms with Gasteiger partial charge in [-0.3, -0.25) is 4.90 Å². The first-order chi connectivity index (χ1) is 7.61. The first-order valence-corrected chi connectivity index (χ1v) is 5.81. The molecule has 2 heterocycles. The molecule has 90 valence electrons. The van der Waals surface area contributed by atoms with Gasteiger partial charge in [0.15, 0.2) is 0 Å². The van der Waals surface area contributed by atoms with Gasteiger partial charge in [-0.15, -0.1) is 0 Å². The highest BCUT2D eigenvalue weighted by molar-refractivity contribution is 5.18. The number of nitrogens with zero attached hydrogens (tertiary/aromatic N) is 1. The predicted octanol–water partition coefficient (Wildman–Crippen LogP) is 0.737. The van der Waals surface area contributed by atoms with E-state index in [1.165, 1.54) is 5.56 Å². The Morgan fingerprint density at radius 1 is 1.62 bits per heavy atom. The van der Waals surface area contributed by atoms with Crippen LogP contribution < -0.4 is 5.73 Å². The van der Waals surface area contributed by atoms with E-state index >= 15 is 0 Å². The minimum absolute atomic E-state index is 0.293. The number of rotatable bonds is 3. The van der Waals surface area contributed by atoms with Crippen LogP contribution >= 0.6 is 0 Å². The van der Waals surface area contributed by atoms with Gasteiger partial charge in [0.25, 0.3) is 0 Å². The first kappa shape index (κ1) is 11.6. The maximum absolute atomic E-state index is 9.98. The zero-order valence-electron chi connectivity index (χ0n) is 9.78. The van der Waals surface area contributed by atoms with Gasteiger partial charge in [-0.05, 0) is 26.0 Å². The van der Waals surface area contributed by atoms with Crippen molar-refractivity contribution < 1.29 is 9.52 Å². The van der Waals surface area contributed by atoms with Gasteiger partial charge in [0, 0.05) is 31.6 Å². The quantitative estimate of drug-likeness (QED) is 0.795. The van der Waals surface area contributed by atoms with Crippen molar-refractivity contribution in [3.63, 3.8) is 0 Å². The zero-order valence-corrected chi connectivity index (χ0v) is 9.78. The number of aryl methyl sites for hydroxylation is 1. The Hall–Kier alpha value is -0.840. The van der Waals surface area contributed by atoms with E-state index in [0.29, 0.717) is 13.1 Å². The molecule has 0 amide bonds. The van der Waals surface area contributed by atoms with Crippen LogP contribution in [0.4, 0.5) is 0 Å². The van der Waals surface area contributed by atoms with Crippen LogP contribution in [0.3, 0.4) is 0 Å². The van der Waals surface area contributed by atoms with Crippen molar-refractivity contribution in [1.82, 2.24) is 4.90 Å². The number of hydrogen-bond donors (Lipinski definition) is 2. The fraction of sp³-hybridized carbons (Fsp3) is 0.667. The van der Waals surface area contributed by atoms with Crippen LogP contribution in [0, 0.1) is 0 Å². The van der Waals surface area contributed by atoms with E-state index < -0.39 is 5.60 Å². The smallest absolute Gasteiger partial charge is 0.108 e. The molecule has 1 unspecified atom stereocenters. The Bertz CT molecular complexity index is 347. The van der Waals surface area contributed by atoms with Crippen LogP contribution in [0.15, 0.2) is 16.7 Å². The van der Waals surface area contributed by atoms with Gasteiger partial charge in [-0.1, -0.05) is 0 Å². The van der Waals surface area contributed by atoms with E-state index in [1.807, 2.05) is 6.07 Å². The van der Waals surface area contributed by atoms with E-state index in [1.54, 1.807) is 13.2 Å².